The summed E-state index contributed by atoms with van der Waals surface area (Å²) in [6, 6.07) is 6.39. The number of nitrogens with one attached hydrogen (secondary N) is 1. The first-order valence-corrected chi connectivity index (χ1v) is 7.43. The van der Waals surface area contributed by atoms with Crippen molar-refractivity contribution < 1.29 is 21.6 Å². The molecule has 2 aromatic rings. The number of benzene rings is 1. The molecule has 0 atom stereocenters. The van der Waals surface area contributed by atoms with Gasteiger partial charge in [-0.05, 0) is 24.3 Å². The van der Waals surface area contributed by atoms with E-state index in [1.807, 2.05) is 0 Å². The van der Waals surface area contributed by atoms with Crippen LogP contribution < -0.4 is 4.72 Å². The molecule has 0 unspecified atom stereocenters. The van der Waals surface area contributed by atoms with E-state index in [4.69, 9.17) is 0 Å². The Labute approximate surface area is 119 Å². The molecule has 112 valence electrons. The minimum atomic E-state index is -4.26. The summed E-state index contributed by atoms with van der Waals surface area (Å²) in [5, 5.41) is 0. The first kappa shape index (κ1) is 15.5. The van der Waals surface area contributed by atoms with Crippen molar-refractivity contribution in [3.05, 3.63) is 59.7 Å². The Hall–Kier alpha value is -1.93. The van der Waals surface area contributed by atoms with Crippen molar-refractivity contribution in [2.24, 2.45) is 0 Å². The second-order valence-electron chi connectivity index (χ2n) is 4.14. The molecule has 0 amide bonds. The summed E-state index contributed by atoms with van der Waals surface area (Å²) in [7, 11) is -4.26. The van der Waals surface area contributed by atoms with E-state index in [2.05, 4.69) is 9.71 Å². The fourth-order valence-corrected chi connectivity index (χ4v) is 2.75. The summed E-state index contributed by atoms with van der Waals surface area (Å²) in [6.07, 6.45) is 1.84. The second-order valence-corrected chi connectivity index (χ2v) is 5.88. The Morgan fingerprint density at radius 3 is 2.48 bits per heavy atom. The molecule has 0 saturated heterocycles. The zero-order chi connectivity index (χ0) is 15.5. The quantitative estimate of drug-likeness (QED) is 0.859. The number of hydrogen-bond acceptors (Lipinski definition) is 3. The van der Waals surface area contributed by atoms with E-state index in [9.17, 15) is 21.6 Å². The smallest absolute Gasteiger partial charge is 0.243 e. The van der Waals surface area contributed by atoms with E-state index in [1.165, 1.54) is 0 Å². The van der Waals surface area contributed by atoms with Crippen molar-refractivity contribution in [1.29, 1.82) is 0 Å². The van der Waals surface area contributed by atoms with Gasteiger partial charge in [0.05, 0.1) is 0 Å². The maximum absolute atomic E-state index is 13.5. The number of rotatable bonds is 5. The third-order valence-corrected chi connectivity index (χ3v) is 4.17. The second kappa shape index (κ2) is 6.23. The van der Waals surface area contributed by atoms with Crippen molar-refractivity contribution in [2.75, 3.05) is 6.54 Å². The SMILES string of the molecule is O=S(=O)(NCCc1ccccn1)c1ccc(F)c(F)c1F. The van der Waals surface area contributed by atoms with Crippen LogP contribution in [0.3, 0.4) is 0 Å². The molecule has 0 aliphatic carbocycles. The van der Waals surface area contributed by atoms with Crippen LogP contribution in [0.2, 0.25) is 0 Å². The van der Waals surface area contributed by atoms with Gasteiger partial charge in [0.2, 0.25) is 10.0 Å². The van der Waals surface area contributed by atoms with E-state index in [0.29, 0.717) is 17.8 Å². The van der Waals surface area contributed by atoms with Crippen LogP contribution in [0, 0.1) is 17.5 Å². The fraction of sp³-hybridized carbons (Fsp3) is 0.154. The van der Waals surface area contributed by atoms with Gasteiger partial charge in [0, 0.05) is 24.9 Å². The summed E-state index contributed by atoms with van der Waals surface area (Å²) in [5.74, 6) is -5.00. The van der Waals surface area contributed by atoms with Crippen LogP contribution >= 0.6 is 0 Å². The van der Waals surface area contributed by atoms with Crippen molar-refractivity contribution in [3.8, 4) is 0 Å². The van der Waals surface area contributed by atoms with Crippen molar-refractivity contribution >= 4 is 10.0 Å². The van der Waals surface area contributed by atoms with E-state index >= 15 is 0 Å². The number of pyridine rings is 1. The zero-order valence-electron chi connectivity index (χ0n) is 10.7. The zero-order valence-corrected chi connectivity index (χ0v) is 11.5. The van der Waals surface area contributed by atoms with Gasteiger partial charge in [0.15, 0.2) is 17.5 Å². The van der Waals surface area contributed by atoms with Crippen LogP contribution in [-0.4, -0.2) is 19.9 Å². The van der Waals surface area contributed by atoms with Gasteiger partial charge in [0.1, 0.15) is 4.90 Å². The number of aromatic nitrogens is 1. The predicted octanol–water partition coefficient (Wildman–Crippen LogP) is 2.02. The Balaban J connectivity index is 2.11. The standard InChI is InChI=1S/C13H11F3N2O2S/c14-10-4-5-11(13(16)12(10)15)21(19,20)18-8-6-9-3-1-2-7-17-9/h1-5,7,18H,6,8H2. The summed E-state index contributed by atoms with van der Waals surface area (Å²) in [5.41, 5.74) is 0.644. The predicted molar refractivity (Wildman–Crippen MR) is 69.4 cm³/mol. The van der Waals surface area contributed by atoms with Gasteiger partial charge in [0.25, 0.3) is 0 Å². The molecular formula is C13H11F3N2O2S. The summed E-state index contributed by atoms with van der Waals surface area (Å²) < 4.78 is 65.1. The third-order valence-electron chi connectivity index (χ3n) is 2.69. The third kappa shape index (κ3) is 3.59. The Kier molecular flexibility index (Phi) is 4.59. The molecule has 0 aliphatic rings. The average molecular weight is 316 g/mol. The van der Waals surface area contributed by atoms with Crippen LogP contribution in [0.15, 0.2) is 41.4 Å². The monoisotopic (exact) mass is 316 g/mol. The van der Waals surface area contributed by atoms with Crippen LogP contribution in [-0.2, 0) is 16.4 Å². The summed E-state index contributed by atoms with van der Waals surface area (Å²) in [4.78, 5) is 3.07. The lowest BCUT2D eigenvalue weighted by atomic mass is 10.3. The number of hydrogen-bond donors (Lipinski definition) is 1. The lowest BCUT2D eigenvalue weighted by Gasteiger charge is -2.08. The summed E-state index contributed by atoms with van der Waals surface area (Å²) >= 11 is 0. The van der Waals surface area contributed by atoms with Crippen LogP contribution in [0.4, 0.5) is 13.2 Å². The molecule has 0 fully saturated rings. The lowest BCUT2D eigenvalue weighted by Crippen LogP contribution is -2.27. The molecule has 0 bridgehead atoms. The van der Waals surface area contributed by atoms with Crippen LogP contribution in [0.25, 0.3) is 0 Å². The van der Waals surface area contributed by atoms with Crippen molar-refractivity contribution in [1.82, 2.24) is 9.71 Å². The first-order valence-electron chi connectivity index (χ1n) is 5.95. The molecule has 1 aromatic carbocycles. The minimum Gasteiger partial charge on any atom is -0.261 e. The molecule has 1 heterocycles. The van der Waals surface area contributed by atoms with E-state index in [1.54, 1.807) is 24.4 Å². The molecule has 0 aliphatic heterocycles. The highest BCUT2D eigenvalue weighted by molar-refractivity contribution is 7.89. The summed E-state index contributed by atoms with van der Waals surface area (Å²) in [6.45, 7) is -0.0439. The molecule has 21 heavy (non-hydrogen) atoms. The van der Waals surface area contributed by atoms with Crippen molar-refractivity contribution in [3.63, 3.8) is 0 Å². The molecular weight excluding hydrogens is 305 g/mol. The molecule has 2 rings (SSSR count). The van der Waals surface area contributed by atoms with E-state index in [0.717, 1.165) is 0 Å². The van der Waals surface area contributed by atoms with Crippen LogP contribution in [0.1, 0.15) is 5.69 Å². The highest BCUT2D eigenvalue weighted by Crippen LogP contribution is 2.19. The largest absolute Gasteiger partial charge is 0.261 e. The van der Waals surface area contributed by atoms with Gasteiger partial charge >= 0.3 is 0 Å². The Morgan fingerprint density at radius 1 is 1.05 bits per heavy atom. The first-order chi connectivity index (χ1) is 9.92. The molecule has 0 saturated carbocycles. The molecule has 0 spiro atoms. The number of sulfonamides is 1. The van der Waals surface area contributed by atoms with E-state index in [-0.39, 0.29) is 13.0 Å². The highest BCUT2D eigenvalue weighted by atomic mass is 32.2. The van der Waals surface area contributed by atoms with E-state index < -0.39 is 32.4 Å². The van der Waals surface area contributed by atoms with Gasteiger partial charge in [-0.15, -0.1) is 0 Å². The van der Waals surface area contributed by atoms with Gasteiger partial charge in [-0.3, -0.25) is 4.98 Å². The maximum Gasteiger partial charge on any atom is 0.243 e. The fourth-order valence-electron chi connectivity index (χ4n) is 1.65. The van der Waals surface area contributed by atoms with Crippen molar-refractivity contribution in [2.45, 2.75) is 11.3 Å². The Bertz CT molecular complexity index is 737. The van der Waals surface area contributed by atoms with Gasteiger partial charge in [-0.1, -0.05) is 6.07 Å². The number of halogens is 3. The average Bonchev–Trinajstić information content (AvgIpc) is 2.45. The maximum atomic E-state index is 13.5. The molecule has 1 N–H and O–H groups in total. The molecule has 8 heteroatoms. The van der Waals surface area contributed by atoms with Gasteiger partial charge in [-0.2, -0.15) is 0 Å². The van der Waals surface area contributed by atoms with Gasteiger partial charge in [-0.25, -0.2) is 26.3 Å². The lowest BCUT2D eigenvalue weighted by molar-refractivity contribution is 0.431. The molecule has 0 radical (unpaired) electrons. The van der Waals surface area contributed by atoms with Crippen LogP contribution in [0.5, 0.6) is 0 Å². The Morgan fingerprint density at radius 2 is 1.81 bits per heavy atom. The molecule has 1 aromatic heterocycles. The normalized spacial score (nSPS) is 11.6. The number of nitrogens with zero attached hydrogens (tertiary/aromatic N) is 1. The minimum absolute atomic E-state index is 0.0439. The molecule has 4 nitrogen and oxygen atoms in total. The van der Waals surface area contributed by atoms with Gasteiger partial charge < -0.3 is 0 Å². The highest BCUT2D eigenvalue weighted by Gasteiger charge is 2.23. The topological polar surface area (TPSA) is 59.1 Å².